The maximum absolute atomic E-state index is 13.4. The van der Waals surface area contributed by atoms with Gasteiger partial charge in [0.25, 0.3) is 11.5 Å². The normalized spacial score (nSPS) is 15.1. The number of aromatic nitrogens is 4. The molecule has 0 radical (unpaired) electrons. The van der Waals surface area contributed by atoms with Crippen molar-refractivity contribution < 1.29 is 4.79 Å². The Bertz CT molecular complexity index is 1280. The van der Waals surface area contributed by atoms with Gasteiger partial charge in [-0.25, -0.2) is 9.97 Å². The number of hydrogen-bond acceptors (Lipinski definition) is 7. The molecular weight excluding hydrogens is 468 g/mol. The molecule has 3 aromatic rings. The zero-order chi connectivity index (χ0) is 24.1. The fourth-order valence-electron chi connectivity index (χ4n) is 3.81. The third-order valence-corrected chi connectivity index (χ3v) is 7.04. The van der Waals surface area contributed by atoms with Crippen molar-refractivity contribution in [3.05, 3.63) is 63.4 Å². The van der Waals surface area contributed by atoms with Gasteiger partial charge in [-0.15, -0.1) is 0 Å². The van der Waals surface area contributed by atoms with Gasteiger partial charge in [-0.2, -0.15) is 0 Å². The quantitative estimate of drug-likeness (QED) is 0.257. The first-order valence-corrected chi connectivity index (χ1v) is 12.7. The highest BCUT2D eigenvalue weighted by Crippen LogP contribution is 2.33. The number of thiocarbonyl (C=S) groups is 1. The van der Waals surface area contributed by atoms with Crippen LogP contribution >= 0.6 is 24.0 Å². The van der Waals surface area contributed by atoms with Crippen LogP contribution in [0.15, 0.2) is 46.8 Å². The molecule has 1 amide bonds. The van der Waals surface area contributed by atoms with Gasteiger partial charge >= 0.3 is 0 Å². The summed E-state index contributed by atoms with van der Waals surface area (Å²) in [5, 5.41) is 3.32. The predicted molar refractivity (Wildman–Crippen MR) is 141 cm³/mol. The molecule has 1 saturated heterocycles. The number of amides is 1. The number of thioether (sulfide) groups is 1. The molecule has 4 rings (SSSR count). The van der Waals surface area contributed by atoms with Crippen molar-refractivity contribution in [3.63, 3.8) is 0 Å². The van der Waals surface area contributed by atoms with E-state index in [9.17, 15) is 9.59 Å². The van der Waals surface area contributed by atoms with E-state index in [2.05, 4.69) is 17.2 Å². The number of aryl methyl sites for hydroxylation is 2. The number of unbranched alkanes of at least 4 members (excludes halogenated alkanes) is 2. The van der Waals surface area contributed by atoms with E-state index in [0.717, 1.165) is 37.8 Å². The van der Waals surface area contributed by atoms with Crippen LogP contribution in [0.4, 0.5) is 5.82 Å². The standard InChI is InChI=1S/C24H28N6O2S2/c1-3-4-5-12-30-23(32)19(34-24(30)33)15-18-20(26-9-7-11-28-14-10-25-16-28)27-21-17(2)8-6-13-29(21)22(18)31/h6,8,10,13-16,26H,3-5,7,9,11-12H2,1-2H3/b19-15-. The highest BCUT2D eigenvalue weighted by atomic mass is 32.2. The van der Waals surface area contributed by atoms with E-state index in [1.54, 1.807) is 29.7 Å². The van der Waals surface area contributed by atoms with Crippen molar-refractivity contribution in [1.82, 2.24) is 23.8 Å². The molecule has 0 aliphatic carbocycles. The zero-order valence-corrected chi connectivity index (χ0v) is 21.0. The van der Waals surface area contributed by atoms with E-state index in [0.29, 0.717) is 39.3 Å². The van der Waals surface area contributed by atoms with Crippen LogP contribution < -0.4 is 10.9 Å². The number of carbonyl (C=O) groups is 1. The summed E-state index contributed by atoms with van der Waals surface area (Å²) >= 11 is 6.69. The van der Waals surface area contributed by atoms with E-state index in [1.807, 2.05) is 29.8 Å². The molecule has 0 spiro atoms. The molecular formula is C24H28N6O2S2. The van der Waals surface area contributed by atoms with E-state index in [-0.39, 0.29) is 11.5 Å². The van der Waals surface area contributed by atoms with Gasteiger partial charge in [0.15, 0.2) is 0 Å². The minimum Gasteiger partial charge on any atom is -0.369 e. The minimum atomic E-state index is -0.220. The lowest BCUT2D eigenvalue weighted by atomic mass is 10.2. The van der Waals surface area contributed by atoms with Gasteiger partial charge in [0.05, 0.1) is 16.8 Å². The first kappa shape index (κ1) is 24.2. The number of rotatable bonds is 10. The van der Waals surface area contributed by atoms with Gasteiger partial charge in [-0.1, -0.05) is 49.8 Å². The summed E-state index contributed by atoms with van der Waals surface area (Å²) in [7, 11) is 0. The molecule has 34 heavy (non-hydrogen) atoms. The minimum absolute atomic E-state index is 0.147. The summed E-state index contributed by atoms with van der Waals surface area (Å²) in [6.07, 6.45) is 12.6. The molecule has 0 saturated carbocycles. The fourth-order valence-corrected chi connectivity index (χ4v) is 5.10. The number of nitrogens with zero attached hydrogens (tertiary/aromatic N) is 5. The number of hydrogen-bond donors (Lipinski definition) is 1. The molecule has 3 aromatic heterocycles. The van der Waals surface area contributed by atoms with Crippen LogP contribution in [0.2, 0.25) is 0 Å². The second-order valence-corrected chi connectivity index (χ2v) is 9.86. The van der Waals surface area contributed by atoms with Gasteiger partial charge in [-0.05, 0) is 37.5 Å². The highest BCUT2D eigenvalue weighted by molar-refractivity contribution is 8.26. The second kappa shape index (κ2) is 11.0. The van der Waals surface area contributed by atoms with Gasteiger partial charge in [0, 0.05) is 38.2 Å². The average molecular weight is 497 g/mol. The first-order chi connectivity index (χ1) is 16.5. The SMILES string of the molecule is CCCCCN1C(=O)/C(=C/c2c(NCCCn3ccnc3)nc3c(C)cccn3c2=O)SC1=S. The second-order valence-electron chi connectivity index (χ2n) is 8.19. The largest absolute Gasteiger partial charge is 0.369 e. The Morgan fingerprint density at radius 2 is 2.03 bits per heavy atom. The van der Waals surface area contributed by atoms with Crippen LogP contribution in [0.3, 0.4) is 0 Å². The van der Waals surface area contributed by atoms with Gasteiger partial charge in [0.1, 0.15) is 15.8 Å². The van der Waals surface area contributed by atoms with E-state index >= 15 is 0 Å². The Morgan fingerprint density at radius 3 is 2.79 bits per heavy atom. The van der Waals surface area contributed by atoms with Crippen LogP contribution in [-0.4, -0.2) is 47.2 Å². The number of anilines is 1. The molecule has 1 aliphatic heterocycles. The predicted octanol–water partition coefficient (Wildman–Crippen LogP) is 4.09. The summed E-state index contributed by atoms with van der Waals surface area (Å²) in [5.41, 5.74) is 1.63. The Balaban J connectivity index is 1.64. The number of carbonyl (C=O) groups excluding carboxylic acids is 1. The van der Waals surface area contributed by atoms with Crippen LogP contribution in [-0.2, 0) is 11.3 Å². The molecule has 1 N–H and O–H groups in total. The zero-order valence-electron chi connectivity index (χ0n) is 19.4. The van der Waals surface area contributed by atoms with Crippen molar-refractivity contribution in [3.8, 4) is 0 Å². The van der Waals surface area contributed by atoms with Gasteiger partial charge < -0.3 is 9.88 Å². The summed E-state index contributed by atoms with van der Waals surface area (Å²) < 4.78 is 4.06. The number of imidazole rings is 1. The summed E-state index contributed by atoms with van der Waals surface area (Å²) in [6.45, 7) is 6.06. The van der Waals surface area contributed by atoms with Crippen LogP contribution in [0.25, 0.3) is 11.7 Å². The molecule has 1 aliphatic rings. The van der Waals surface area contributed by atoms with Gasteiger partial charge in [0.2, 0.25) is 0 Å². The lowest BCUT2D eigenvalue weighted by Crippen LogP contribution is -2.29. The molecule has 4 heterocycles. The van der Waals surface area contributed by atoms with Crippen LogP contribution in [0.1, 0.15) is 43.7 Å². The lowest BCUT2D eigenvalue weighted by Gasteiger charge is -2.14. The lowest BCUT2D eigenvalue weighted by molar-refractivity contribution is -0.122. The monoisotopic (exact) mass is 496 g/mol. The topological polar surface area (TPSA) is 84.5 Å². The first-order valence-electron chi connectivity index (χ1n) is 11.5. The number of fused-ring (bicyclic) bond motifs is 1. The molecule has 0 aromatic carbocycles. The Morgan fingerprint density at radius 1 is 1.18 bits per heavy atom. The van der Waals surface area contributed by atoms with E-state index < -0.39 is 0 Å². The van der Waals surface area contributed by atoms with Crippen molar-refractivity contribution >= 4 is 51.7 Å². The summed E-state index contributed by atoms with van der Waals surface area (Å²) in [4.78, 5) is 37.4. The molecule has 10 heteroatoms. The van der Waals surface area contributed by atoms with Crippen LogP contribution in [0, 0.1) is 6.92 Å². The summed E-state index contributed by atoms with van der Waals surface area (Å²) in [5.74, 6) is 0.326. The maximum Gasteiger partial charge on any atom is 0.267 e. The molecule has 0 bridgehead atoms. The Hall–Kier alpha value is -2.98. The smallest absolute Gasteiger partial charge is 0.267 e. The van der Waals surface area contributed by atoms with E-state index in [1.165, 1.54) is 16.2 Å². The third kappa shape index (κ3) is 5.23. The molecule has 0 atom stereocenters. The Kier molecular flexibility index (Phi) is 7.79. The van der Waals surface area contributed by atoms with Crippen molar-refractivity contribution in [2.45, 2.75) is 46.1 Å². The van der Waals surface area contributed by atoms with Crippen molar-refractivity contribution in [2.24, 2.45) is 0 Å². The van der Waals surface area contributed by atoms with Crippen LogP contribution in [0.5, 0.6) is 0 Å². The molecule has 0 unspecified atom stereocenters. The third-order valence-electron chi connectivity index (χ3n) is 5.66. The Labute approximate surface area is 208 Å². The maximum atomic E-state index is 13.4. The average Bonchev–Trinajstić information content (AvgIpc) is 3.43. The fraction of sp³-hybridized carbons (Fsp3) is 0.375. The highest BCUT2D eigenvalue weighted by Gasteiger charge is 2.32. The van der Waals surface area contributed by atoms with E-state index in [4.69, 9.17) is 17.2 Å². The number of nitrogens with one attached hydrogen (secondary N) is 1. The molecule has 8 nitrogen and oxygen atoms in total. The molecule has 1 fully saturated rings. The van der Waals surface area contributed by atoms with Crippen molar-refractivity contribution in [2.75, 3.05) is 18.4 Å². The van der Waals surface area contributed by atoms with Crippen molar-refractivity contribution in [1.29, 1.82) is 0 Å². The summed E-state index contributed by atoms with van der Waals surface area (Å²) in [6, 6.07) is 3.74. The number of pyridine rings is 1. The van der Waals surface area contributed by atoms with Gasteiger partial charge in [-0.3, -0.25) is 18.9 Å². The molecule has 178 valence electrons.